The summed E-state index contributed by atoms with van der Waals surface area (Å²) >= 11 is 6.11. The zero-order valence-electron chi connectivity index (χ0n) is 19.8. The molecular weight excluding hydrogens is 486 g/mol. The Morgan fingerprint density at radius 2 is 1.66 bits per heavy atom. The first-order valence-electron chi connectivity index (χ1n) is 11.1. The second kappa shape index (κ2) is 11.4. The molecule has 0 atom stereocenters. The molecule has 0 radical (unpaired) electrons. The van der Waals surface area contributed by atoms with Crippen LogP contribution in [0.3, 0.4) is 0 Å². The Balaban J connectivity index is 1.90. The summed E-state index contributed by atoms with van der Waals surface area (Å²) in [5.41, 5.74) is 1.73. The Morgan fingerprint density at radius 1 is 0.971 bits per heavy atom. The van der Waals surface area contributed by atoms with Gasteiger partial charge in [0.15, 0.2) is 0 Å². The van der Waals surface area contributed by atoms with Crippen LogP contribution in [0.5, 0.6) is 0 Å². The number of sulfonamides is 1. The second-order valence-electron chi connectivity index (χ2n) is 8.50. The number of amides is 2. The monoisotopic (exact) mass is 513 g/mol. The summed E-state index contributed by atoms with van der Waals surface area (Å²) in [7, 11) is -4.09. The van der Waals surface area contributed by atoms with Crippen LogP contribution in [-0.4, -0.2) is 33.3 Å². The fraction of sp³-hybridized carbons (Fsp3) is 0.231. The van der Waals surface area contributed by atoms with E-state index in [4.69, 9.17) is 11.6 Å². The molecule has 0 bridgehead atoms. The van der Waals surface area contributed by atoms with Crippen LogP contribution in [-0.2, 0) is 14.8 Å². The first-order chi connectivity index (χ1) is 16.6. The molecule has 3 aromatic carbocycles. The van der Waals surface area contributed by atoms with Crippen molar-refractivity contribution in [2.75, 3.05) is 22.7 Å². The summed E-state index contributed by atoms with van der Waals surface area (Å²) < 4.78 is 28.0. The van der Waals surface area contributed by atoms with Gasteiger partial charge in [0.1, 0.15) is 6.54 Å². The Hall–Kier alpha value is -3.36. The Labute approximate surface area is 211 Å². The average molecular weight is 514 g/mol. The highest BCUT2D eigenvalue weighted by molar-refractivity contribution is 7.92. The van der Waals surface area contributed by atoms with Crippen molar-refractivity contribution in [3.63, 3.8) is 0 Å². The summed E-state index contributed by atoms with van der Waals surface area (Å²) in [5, 5.41) is 5.84. The first kappa shape index (κ1) is 26.2. The first-order valence-corrected chi connectivity index (χ1v) is 12.9. The van der Waals surface area contributed by atoms with Gasteiger partial charge in [0.05, 0.1) is 21.8 Å². The second-order valence-corrected chi connectivity index (χ2v) is 10.8. The Morgan fingerprint density at radius 3 is 2.31 bits per heavy atom. The van der Waals surface area contributed by atoms with Crippen LogP contribution in [0.4, 0.5) is 11.4 Å². The van der Waals surface area contributed by atoms with E-state index in [9.17, 15) is 18.0 Å². The van der Waals surface area contributed by atoms with Gasteiger partial charge in [-0.3, -0.25) is 13.9 Å². The maximum Gasteiger partial charge on any atom is 0.264 e. The molecule has 184 valence electrons. The van der Waals surface area contributed by atoms with Gasteiger partial charge in [-0.2, -0.15) is 0 Å². The standard InChI is InChI=1S/C26H28ClN3O4S/c1-18(2)16-28-26(32)23-9-4-5-10-24(23)29-25(31)17-30(21-8-6-7-20(27)15-21)35(33,34)22-13-11-19(3)12-14-22/h4-15,18H,16-17H2,1-3H3,(H,28,32)(H,29,31). The number of hydrogen-bond donors (Lipinski definition) is 2. The minimum Gasteiger partial charge on any atom is -0.352 e. The Kier molecular flexibility index (Phi) is 8.53. The predicted octanol–water partition coefficient (Wildman–Crippen LogP) is 4.87. The molecular formula is C26H28ClN3O4S. The van der Waals surface area contributed by atoms with E-state index in [2.05, 4.69) is 10.6 Å². The van der Waals surface area contributed by atoms with Crippen molar-refractivity contribution in [1.29, 1.82) is 0 Å². The fourth-order valence-corrected chi connectivity index (χ4v) is 4.88. The summed E-state index contributed by atoms with van der Waals surface area (Å²) in [6, 6.07) is 19.2. The van der Waals surface area contributed by atoms with Crippen molar-refractivity contribution in [1.82, 2.24) is 5.32 Å². The van der Waals surface area contributed by atoms with Crippen LogP contribution < -0.4 is 14.9 Å². The molecule has 3 aromatic rings. The third-order valence-electron chi connectivity index (χ3n) is 5.11. The lowest BCUT2D eigenvalue weighted by Gasteiger charge is -2.24. The number of hydrogen-bond acceptors (Lipinski definition) is 4. The minimum absolute atomic E-state index is 0.0457. The van der Waals surface area contributed by atoms with Crippen LogP contribution in [0.2, 0.25) is 5.02 Å². The molecule has 9 heteroatoms. The van der Waals surface area contributed by atoms with Gasteiger partial charge in [-0.05, 0) is 55.3 Å². The van der Waals surface area contributed by atoms with Gasteiger partial charge in [-0.15, -0.1) is 0 Å². The normalized spacial score (nSPS) is 11.2. The molecule has 7 nitrogen and oxygen atoms in total. The molecule has 0 fully saturated rings. The predicted molar refractivity (Wildman–Crippen MR) is 139 cm³/mol. The third-order valence-corrected chi connectivity index (χ3v) is 7.13. The molecule has 0 aliphatic carbocycles. The van der Waals surface area contributed by atoms with E-state index >= 15 is 0 Å². The molecule has 0 unspecified atom stereocenters. The number of rotatable bonds is 9. The van der Waals surface area contributed by atoms with Gasteiger partial charge in [0.25, 0.3) is 15.9 Å². The summed E-state index contributed by atoms with van der Waals surface area (Å²) in [6.45, 7) is 5.78. The molecule has 0 saturated carbocycles. The van der Waals surface area contributed by atoms with E-state index in [-0.39, 0.29) is 33.7 Å². The number of carbonyl (C=O) groups is 2. The van der Waals surface area contributed by atoms with Crippen LogP contribution in [0.1, 0.15) is 29.8 Å². The number of halogens is 1. The molecule has 0 aromatic heterocycles. The maximum atomic E-state index is 13.5. The number of benzene rings is 3. The fourth-order valence-electron chi connectivity index (χ4n) is 3.29. The quantitative estimate of drug-likeness (QED) is 0.426. The smallest absolute Gasteiger partial charge is 0.264 e. The van der Waals surface area contributed by atoms with Crippen molar-refractivity contribution in [2.45, 2.75) is 25.7 Å². The van der Waals surface area contributed by atoms with E-state index in [1.165, 1.54) is 18.2 Å². The molecule has 2 amide bonds. The van der Waals surface area contributed by atoms with Crippen molar-refractivity contribution in [2.24, 2.45) is 5.92 Å². The van der Waals surface area contributed by atoms with Crippen LogP contribution >= 0.6 is 11.6 Å². The van der Waals surface area contributed by atoms with Crippen LogP contribution in [0, 0.1) is 12.8 Å². The number of aryl methyl sites for hydroxylation is 1. The third kappa shape index (κ3) is 6.83. The number of nitrogens with zero attached hydrogens (tertiary/aromatic N) is 1. The lowest BCUT2D eigenvalue weighted by atomic mass is 10.1. The van der Waals surface area contributed by atoms with E-state index in [1.54, 1.807) is 54.6 Å². The van der Waals surface area contributed by atoms with Crippen LogP contribution in [0.15, 0.2) is 77.7 Å². The van der Waals surface area contributed by atoms with Gasteiger partial charge in [0.2, 0.25) is 5.91 Å². The molecule has 0 aliphatic heterocycles. The van der Waals surface area contributed by atoms with E-state index in [0.29, 0.717) is 11.6 Å². The molecule has 2 N–H and O–H groups in total. The van der Waals surface area contributed by atoms with Gasteiger partial charge in [-0.25, -0.2) is 8.42 Å². The van der Waals surface area contributed by atoms with Gasteiger partial charge in [0, 0.05) is 11.6 Å². The minimum atomic E-state index is -4.09. The molecule has 3 rings (SSSR count). The highest BCUT2D eigenvalue weighted by Crippen LogP contribution is 2.26. The maximum absolute atomic E-state index is 13.5. The van der Waals surface area contributed by atoms with Crippen molar-refractivity contribution in [3.8, 4) is 0 Å². The summed E-state index contributed by atoms with van der Waals surface area (Å²) in [5.74, 6) is -0.669. The zero-order chi connectivity index (χ0) is 25.6. The largest absolute Gasteiger partial charge is 0.352 e. The van der Waals surface area contributed by atoms with E-state index < -0.39 is 22.5 Å². The summed E-state index contributed by atoms with van der Waals surface area (Å²) in [6.07, 6.45) is 0. The van der Waals surface area contributed by atoms with Crippen LogP contribution in [0.25, 0.3) is 0 Å². The molecule has 35 heavy (non-hydrogen) atoms. The van der Waals surface area contributed by atoms with E-state index in [0.717, 1.165) is 9.87 Å². The number of para-hydroxylation sites is 1. The Bertz CT molecular complexity index is 1310. The van der Waals surface area contributed by atoms with Crippen molar-refractivity contribution < 1.29 is 18.0 Å². The van der Waals surface area contributed by atoms with E-state index in [1.807, 2.05) is 20.8 Å². The molecule has 0 saturated heterocycles. The summed E-state index contributed by atoms with van der Waals surface area (Å²) in [4.78, 5) is 25.7. The lowest BCUT2D eigenvalue weighted by molar-refractivity contribution is -0.114. The highest BCUT2D eigenvalue weighted by atomic mass is 35.5. The highest BCUT2D eigenvalue weighted by Gasteiger charge is 2.28. The molecule has 0 aliphatic rings. The lowest BCUT2D eigenvalue weighted by Crippen LogP contribution is -2.38. The van der Waals surface area contributed by atoms with Crippen molar-refractivity contribution in [3.05, 3.63) is 88.9 Å². The van der Waals surface area contributed by atoms with Crippen molar-refractivity contribution >= 4 is 44.8 Å². The number of nitrogens with one attached hydrogen (secondary N) is 2. The molecule has 0 heterocycles. The molecule has 0 spiro atoms. The van der Waals surface area contributed by atoms with Gasteiger partial charge >= 0.3 is 0 Å². The SMILES string of the molecule is Cc1ccc(S(=O)(=O)N(CC(=O)Nc2ccccc2C(=O)NCC(C)C)c2cccc(Cl)c2)cc1. The topological polar surface area (TPSA) is 95.6 Å². The average Bonchev–Trinajstić information content (AvgIpc) is 2.81. The number of anilines is 2. The zero-order valence-corrected chi connectivity index (χ0v) is 21.4. The van der Waals surface area contributed by atoms with Gasteiger partial charge in [-0.1, -0.05) is 61.3 Å². The van der Waals surface area contributed by atoms with Gasteiger partial charge < -0.3 is 10.6 Å². The number of carbonyl (C=O) groups excluding carboxylic acids is 2.